The monoisotopic (exact) mass is 366 g/mol. The number of hydrogen-bond acceptors (Lipinski definition) is 3. The number of piperidine rings is 1. The SMILES string of the molecule is CC(C)C1/C(=N\NC(N)=S)CC(c2ccccc2)NC1c1ccccc1. The maximum Gasteiger partial charge on any atom is 0.184 e. The number of hydrazone groups is 1. The molecule has 1 saturated heterocycles. The summed E-state index contributed by atoms with van der Waals surface area (Å²) in [6.07, 6.45) is 0.825. The van der Waals surface area contributed by atoms with Crippen LogP contribution in [0, 0.1) is 11.8 Å². The first-order valence-corrected chi connectivity index (χ1v) is 9.45. The molecule has 3 rings (SSSR count). The molecule has 0 bridgehead atoms. The minimum absolute atomic E-state index is 0.182. The minimum Gasteiger partial charge on any atom is -0.375 e. The van der Waals surface area contributed by atoms with Crippen molar-refractivity contribution in [3.05, 3.63) is 71.8 Å². The third-order valence-electron chi connectivity index (χ3n) is 4.93. The third kappa shape index (κ3) is 4.29. The average Bonchev–Trinajstić information content (AvgIpc) is 2.66. The zero-order valence-electron chi connectivity index (χ0n) is 15.2. The fourth-order valence-corrected chi connectivity index (χ4v) is 3.84. The molecule has 136 valence electrons. The van der Waals surface area contributed by atoms with E-state index >= 15 is 0 Å². The molecule has 1 aliphatic rings. The summed E-state index contributed by atoms with van der Waals surface area (Å²) in [6, 6.07) is 21.5. The fraction of sp³-hybridized carbons (Fsp3) is 0.333. The van der Waals surface area contributed by atoms with Gasteiger partial charge in [-0.3, -0.25) is 5.43 Å². The first kappa shape index (κ1) is 18.5. The Balaban J connectivity index is 2.01. The van der Waals surface area contributed by atoms with Gasteiger partial charge in [-0.25, -0.2) is 0 Å². The Bertz CT molecular complexity index is 758. The molecule has 3 unspecified atom stereocenters. The summed E-state index contributed by atoms with van der Waals surface area (Å²) in [5.41, 5.74) is 12.1. The lowest BCUT2D eigenvalue weighted by molar-refractivity contribution is 0.294. The number of rotatable bonds is 4. The Hall–Kier alpha value is -2.24. The van der Waals surface area contributed by atoms with Gasteiger partial charge in [0.1, 0.15) is 0 Å². The van der Waals surface area contributed by atoms with Crippen molar-refractivity contribution in [1.82, 2.24) is 10.7 Å². The van der Waals surface area contributed by atoms with Crippen LogP contribution >= 0.6 is 12.2 Å². The summed E-state index contributed by atoms with van der Waals surface area (Å²) in [7, 11) is 0. The van der Waals surface area contributed by atoms with Gasteiger partial charge in [0.05, 0.1) is 0 Å². The van der Waals surface area contributed by atoms with Crippen LogP contribution < -0.4 is 16.5 Å². The van der Waals surface area contributed by atoms with Crippen LogP contribution in [-0.4, -0.2) is 10.8 Å². The molecule has 0 spiro atoms. The van der Waals surface area contributed by atoms with E-state index in [0.29, 0.717) is 5.92 Å². The van der Waals surface area contributed by atoms with Gasteiger partial charge in [-0.15, -0.1) is 0 Å². The molecule has 0 saturated carbocycles. The molecule has 4 N–H and O–H groups in total. The lowest BCUT2D eigenvalue weighted by Crippen LogP contribution is -2.45. The van der Waals surface area contributed by atoms with Gasteiger partial charge in [0.25, 0.3) is 0 Å². The molecule has 1 fully saturated rings. The highest BCUT2D eigenvalue weighted by atomic mass is 32.1. The van der Waals surface area contributed by atoms with Crippen LogP contribution in [-0.2, 0) is 0 Å². The summed E-state index contributed by atoms with van der Waals surface area (Å²) >= 11 is 4.96. The number of nitrogens with one attached hydrogen (secondary N) is 2. The van der Waals surface area contributed by atoms with Gasteiger partial charge < -0.3 is 11.1 Å². The summed E-state index contributed by atoms with van der Waals surface area (Å²) in [6.45, 7) is 4.48. The molecule has 3 atom stereocenters. The summed E-state index contributed by atoms with van der Waals surface area (Å²) < 4.78 is 0. The maximum atomic E-state index is 5.62. The van der Waals surface area contributed by atoms with Gasteiger partial charge >= 0.3 is 0 Å². The first-order valence-electron chi connectivity index (χ1n) is 9.04. The Morgan fingerprint density at radius 3 is 2.19 bits per heavy atom. The number of benzene rings is 2. The third-order valence-corrected chi connectivity index (χ3v) is 5.02. The summed E-state index contributed by atoms with van der Waals surface area (Å²) in [5, 5.41) is 8.66. The molecule has 2 aromatic carbocycles. The molecule has 0 aromatic heterocycles. The minimum atomic E-state index is 0.182. The molecular weight excluding hydrogens is 340 g/mol. The van der Waals surface area contributed by atoms with Gasteiger partial charge in [0, 0.05) is 30.1 Å². The van der Waals surface area contributed by atoms with Crippen LogP contribution in [0.5, 0.6) is 0 Å². The van der Waals surface area contributed by atoms with Crippen molar-refractivity contribution in [1.29, 1.82) is 0 Å². The largest absolute Gasteiger partial charge is 0.375 e. The van der Waals surface area contributed by atoms with Crippen LogP contribution in [0.3, 0.4) is 0 Å². The predicted molar refractivity (Wildman–Crippen MR) is 112 cm³/mol. The molecule has 1 heterocycles. The second-order valence-corrected chi connectivity index (χ2v) is 7.51. The standard InChI is InChI=1S/C21H26N4S/c1-14(2)19-18(24-25-21(22)26)13-17(15-9-5-3-6-10-15)23-20(19)16-11-7-4-8-12-16/h3-12,14,17,19-20,23H,13H2,1-2H3,(H3,22,25,26)/b24-18-. The van der Waals surface area contributed by atoms with Crippen LogP contribution in [0.15, 0.2) is 65.8 Å². The van der Waals surface area contributed by atoms with Crippen molar-refractivity contribution in [3.8, 4) is 0 Å². The van der Waals surface area contributed by atoms with E-state index in [9.17, 15) is 0 Å². The fourth-order valence-electron chi connectivity index (χ4n) is 3.80. The highest BCUT2D eigenvalue weighted by Crippen LogP contribution is 2.39. The van der Waals surface area contributed by atoms with Crippen LogP contribution in [0.25, 0.3) is 0 Å². The Labute approximate surface area is 160 Å². The molecule has 5 heteroatoms. The molecule has 2 aromatic rings. The van der Waals surface area contributed by atoms with E-state index in [-0.39, 0.29) is 23.1 Å². The Morgan fingerprint density at radius 2 is 1.65 bits per heavy atom. The Morgan fingerprint density at radius 1 is 1.08 bits per heavy atom. The smallest absolute Gasteiger partial charge is 0.184 e. The van der Waals surface area contributed by atoms with E-state index in [1.54, 1.807) is 0 Å². The van der Waals surface area contributed by atoms with Gasteiger partial charge in [0.15, 0.2) is 5.11 Å². The molecule has 0 radical (unpaired) electrons. The van der Waals surface area contributed by atoms with Crippen LogP contribution in [0.2, 0.25) is 0 Å². The normalized spacial score (nSPS) is 24.6. The van der Waals surface area contributed by atoms with Gasteiger partial charge in [-0.05, 0) is 29.3 Å². The lowest BCUT2D eigenvalue weighted by Gasteiger charge is -2.41. The van der Waals surface area contributed by atoms with Crippen molar-refractivity contribution in [2.45, 2.75) is 32.4 Å². The number of hydrogen-bond donors (Lipinski definition) is 3. The topological polar surface area (TPSA) is 62.4 Å². The van der Waals surface area contributed by atoms with Crippen molar-refractivity contribution in [2.75, 3.05) is 0 Å². The van der Waals surface area contributed by atoms with Crippen molar-refractivity contribution >= 4 is 23.0 Å². The van der Waals surface area contributed by atoms with E-state index in [2.05, 4.69) is 84.3 Å². The lowest BCUT2D eigenvalue weighted by atomic mass is 9.75. The van der Waals surface area contributed by atoms with E-state index < -0.39 is 0 Å². The van der Waals surface area contributed by atoms with Crippen molar-refractivity contribution < 1.29 is 0 Å². The van der Waals surface area contributed by atoms with E-state index in [0.717, 1.165) is 12.1 Å². The summed E-state index contributed by atoms with van der Waals surface area (Å²) in [5.74, 6) is 0.690. The predicted octanol–water partition coefficient (Wildman–Crippen LogP) is 3.92. The zero-order valence-corrected chi connectivity index (χ0v) is 16.0. The molecule has 1 aliphatic heterocycles. The van der Waals surface area contributed by atoms with Gasteiger partial charge in [0.2, 0.25) is 0 Å². The highest BCUT2D eigenvalue weighted by Gasteiger charge is 2.38. The van der Waals surface area contributed by atoms with E-state index in [4.69, 9.17) is 18.0 Å². The zero-order chi connectivity index (χ0) is 18.5. The quantitative estimate of drug-likeness (QED) is 0.567. The molecule has 0 amide bonds. The first-order chi connectivity index (χ1) is 12.6. The number of nitrogens with zero attached hydrogens (tertiary/aromatic N) is 1. The Kier molecular flexibility index (Phi) is 6.01. The molecule has 0 aliphatic carbocycles. The average molecular weight is 367 g/mol. The van der Waals surface area contributed by atoms with Gasteiger partial charge in [-0.1, -0.05) is 74.5 Å². The second kappa shape index (κ2) is 8.43. The number of thiocarbonyl (C=S) groups is 1. The van der Waals surface area contributed by atoms with Gasteiger partial charge in [-0.2, -0.15) is 5.10 Å². The van der Waals surface area contributed by atoms with E-state index in [1.165, 1.54) is 11.1 Å². The number of nitrogens with two attached hydrogens (primary N) is 1. The highest BCUT2D eigenvalue weighted by molar-refractivity contribution is 7.80. The molecule has 4 nitrogen and oxygen atoms in total. The van der Waals surface area contributed by atoms with Crippen LogP contribution in [0.4, 0.5) is 0 Å². The van der Waals surface area contributed by atoms with Crippen molar-refractivity contribution in [2.24, 2.45) is 22.7 Å². The summed E-state index contributed by atoms with van der Waals surface area (Å²) in [4.78, 5) is 0. The molecular formula is C21H26N4S. The molecule has 26 heavy (non-hydrogen) atoms. The second-order valence-electron chi connectivity index (χ2n) is 7.07. The maximum absolute atomic E-state index is 5.62. The van der Waals surface area contributed by atoms with E-state index in [1.807, 2.05) is 6.07 Å². The van der Waals surface area contributed by atoms with Crippen LogP contribution in [0.1, 0.15) is 43.5 Å². The van der Waals surface area contributed by atoms with Crippen molar-refractivity contribution in [3.63, 3.8) is 0 Å².